The topological polar surface area (TPSA) is 70.4 Å². The zero-order chi connectivity index (χ0) is 17.4. The van der Waals surface area contributed by atoms with Crippen molar-refractivity contribution in [3.8, 4) is 0 Å². The van der Waals surface area contributed by atoms with E-state index < -0.39 is 0 Å². The molecule has 1 aromatic carbocycles. The fourth-order valence-electron chi connectivity index (χ4n) is 2.29. The highest BCUT2D eigenvalue weighted by Crippen LogP contribution is 2.11. The lowest BCUT2D eigenvalue weighted by atomic mass is 10.2. The summed E-state index contributed by atoms with van der Waals surface area (Å²) in [6, 6.07) is 9.97. The summed E-state index contributed by atoms with van der Waals surface area (Å²) < 4.78 is 1.71. The molecule has 1 aromatic heterocycles. The lowest BCUT2D eigenvalue weighted by Crippen LogP contribution is -2.35. The van der Waals surface area contributed by atoms with Crippen LogP contribution in [0, 0.1) is 6.92 Å². The molecule has 0 saturated heterocycles. The van der Waals surface area contributed by atoms with Gasteiger partial charge < -0.3 is 10.4 Å². The number of carbonyl (C=O) groups is 1. The van der Waals surface area contributed by atoms with Crippen LogP contribution in [0.4, 0.5) is 5.69 Å². The maximum atomic E-state index is 12.2. The SMILES string of the molecule is Cc1c(NC(=O)CN(CC=Cc2ccccc2)CCO)cnn1C. The Morgan fingerprint density at radius 3 is 2.75 bits per heavy atom. The third-order valence-electron chi connectivity index (χ3n) is 3.77. The standard InChI is InChI=1S/C18H24N4O2/c1-15-17(13-19-21(15)2)20-18(24)14-22(11-12-23)10-6-9-16-7-4-3-5-8-16/h3-9,13,23H,10-12,14H2,1-2H3,(H,20,24). The number of hydrogen-bond acceptors (Lipinski definition) is 4. The predicted octanol–water partition coefficient (Wildman–Crippen LogP) is 1.67. The Morgan fingerprint density at radius 1 is 1.38 bits per heavy atom. The first-order valence-electron chi connectivity index (χ1n) is 7.93. The first kappa shape index (κ1) is 17.9. The summed E-state index contributed by atoms with van der Waals surface area (Å²) in [7, 11) is 1.83. The van der Waals surface area contributed by atoms with Crippen LogP contribution in [0.5, 0.6) is 0 Å². The highest BCUT2D eigenvalue weighted by molar-refractivity contribution is 5.92. The van der Waals surface area contributed by atoms with Gasteiger partial charge >= 0.3 is 0 Å². The van der Waals surface area contributed by atoms with Gasteiger partial charge in [-0.15, -0.1) is 0 Å². The lowest BCUT2D eigenvalue weighted by molar-refractivity contribution is -0.117. The van der Waals surface area contributed by atoms with Crippen LogP contribution in [0.1, 0.15) is 11.3 Å². The van der Waals surface area contributed by atoms with E-state index in [4.69, 9.17) is 0 Å². The first-order chi connectivity index (χ1) is 11.6. The second kappa shape index (κ2) is 9.00. The summed E-state index contributed by atoms with van der Waals surface area (Å²) >= 11 is 0. The van der Waals surface area contributed by atoms with E-state index in [1.165, 1.54) is 0 Å². The van der Waals surface area contributed by atoms with E-state index >= 15 is 0 Å². The molecular formula is C18H24N4O2. The quantitative estimate of drug-likeness (QED) is 0.773. The monoisotopic (exact) mass is 328 g/mol. The largest absolute Gasteiger partial charge is 0.395 e. The van der Waals surface area contributed by atoms with Crippen molar-refractivity contribution in [2.45, 2.75) is 6.92 Å². The van der Waals surface area contributed by atoms with Crippen LogP contribution in [-0.4, -0.2) is 51.9 Å². The highest BCUT2D eigenvalue weighted by Gasteiger charge is 2.12. The number of hydrogen-bond donors (Lipinski definition) is 2. The number of anilines is 1. The summed E-state index contributed by atoms with van der Waals surface area (Å²) in [5.41, 5.74) is 2.73. The number of aromatic nitrogens is 2. The molecule has 0 spiro atoms. The van der Waals surface area contributed by atoms with Gasteiger partial charge in [-0.3, -0.25) is 14.4 Å². The minimum absolute atomic E-state index is 0.0123. The normalized spacial score (nSPS) is 11.3. The molecule has 24 heavy (non-hydrogen) atoms. The Bertz CT molecular complexity index is 680. The van der Waals surface area contributed by atoms with E-state index in [0.717, 1.165) is 11.3 Å². The van der Waals surface area contributed by atoms with Crippen LogP contribution < -0.4 is 5.32 Å². The number of aryl methyl sites for hydroxylation is 1. The smallest absolute Gasteiger partial charge is 0.238 e. The van der Waals surface area contributed by atoms with Gasteiger partial charge in [0.15, 0.2) is 0 Å². The third kappa shape index (κ3) is 5.33. The Kier molecular flexibility index (Phi) is 6.72. The Hall–Kier alpha value is -2.44. The molecule has 0 unspecified atom stereocenters. The highest BCUT2D eigenvalue weighted by atomic mass is 16.3. The fraction of sp³-hybridized carbons (Fsp3) is 0.333. The number of rotatable bonds is 8. The van der Waals surface area contributed by atoms with Crippen molar-refractivity contribution >= 4 is 17.7 Å². The van der Waals surface area contributed by atoms with E-state index in [2.05, 4.69) is 10.4 Å². The van der Waals surface area contributed by atoms with E-state index in [1.807, 2.05) is 61.4 Å². The predicted molar refractivity (Wildman–Crippen MR) is 95.6 cm³/mol. The molecule has 128 valence electrons. The van der Waals surface area contributed by atoms with Crippen LogP contribution in [0.15, 0.2) is 42.6 Å². The van der Waals surface area contributed by atoms with Gasteiger partial charge in [0.25, 0.3) is 0 Å². The Morgan fingerprint density at radius 2 is 2.12 bits per heavy atom. The number of aliphatic hydroxyl groups excluding tert-OH is 1. The molecule has 0 fully saturated rings. The molecular weight excluding hydrogens is 304 g/mol. The lowest BCUT2D eigenvalue weighted by Gasteiger charge is -2.18. The van der Waals surface area contributed by atoms with E-state index in [-0.39, 0.29) is 19.1 Å². The summed E-state index contributed by atoms with van der Waals surface area (Å²) in [5, 5.41) is 16.2. The van der Waals surface area contributed by atoms with Gasteiger partial charge in [0.05, 0.1) is 30.7 Å². The van der Waals surface area contributed by atoms with Crippen LogP contribution in [0.25, 0.3) is 6.08 Å². The first-order valence-corrected chi connectivity index (χ1v) is 7.93. The maximum Gasteiger partial charge on any atom is 0.238 e. The molecule has 0 saturated carbocycles. The van der Waals surface area contributed by atoms with Gasteiger partial charge in [0.2, 0.25) is 5.91 Å². The van der Waals surface area contributed by atoms with Gasteiger partial charge in [-0.05, 0) is 12.5 Å². The molecule has 0 aliphatic rings. The Balaban J connectivity index is 1.89. The minimum atomic E-state index is -0.118. The summed E-state index contributed by atoms with van der Waals surface area (Å²) in [5.74, 6) is -0.118. The summed E-state index contributed by atoms with van der Waals surface area (Å²) in [6.45, 7) is 3.16. The van der Waals surface area contributed by atoms with E-state index in [0.29, 0.717) is 18.8 Å². The zero-order valence-electron chi connectivity index (χ0n) is 14.1. The second-order valence-corrected chi connectivity index (χ2v) is 5.59. The van der Waals surface area contributed by atoms with E-state index in [1.54, 1.807) is 10.9 Å². The van der Waals surface area contributed by atoms with Gasteiger partial charge in [-0.1, -0.05) is 42.5 Å². The number of nitrogens with zero attached hydrogens (tertiary/aromatic N) is 3. The van der Waals surface area contributed by atoms with Gasteiger partial charge in [-0.2, -0.15) is 5.10 Å². The van der Waals surface area contributed by atoms with Crippen LogP contribution in [0.2, 0.25) is 0 Å². The summed E-state index contributed by atoms with van der Waals surface area (Å²) in [4.78, 5) is 14.1. The van der Waals surface area contributed by atoms with Crippen molar-refractivity contribution < 1.29 is 9.90 Å². The van der Waals surface area contributed by atoms with E-state index in [9.17, 15) is 9.90 Å². The number of nitrogens with one attached hydrogen (secondary N) is 1. The fourth-order valence-corrected chi connectivity index (χ4v) is 2.29. The molecule has 0 radical (unpaired) electrons. The molecule has 0 aliphatic carbocycles. The van der Waals surface area contributed by atoms with Crippen molar-refractivity contribution in [1.82, 2.24) is 14.7 Å². The van der Waals surface area contributed by atoms with Crippen molar-refractivity contribution in [3.05, 3.63) is 53.9 Å². The van der Waals surface area contributed by atoms with Crippen LogP contribution >= 0.6 is 0 Å². The molecule has 2 aromatic rings. The molecule has 1 heterocycles. The Labute approximate surface area is 142 Å². The third-order valence-corrected chi connectivity index (χ3v) is 3.77. The zero-order valence-corrected chi connectivity index (χ0v) is 14.1. The number of aliphatic hydroxyl groups is 1. The number of amides is 1. The maximum absolute atomic E-state index is 12.2. The van der Waals surface area contributed by atoms with Crippen molar-refractivity contribution in [3.63, 3.8) is 0 Å². The van der Waals surface area contributed by atoms with Crippen molar-refractivity contribution in [2.75, 3.05) is 31.6 Å². The average molecular weight is 328 g/mol. The molecule has 1 amide bonds. The molecule has 0 bridgehead atoms. The molecule has 0 atom stereocenters. The second-order valence-electron chi connectivity index (χ2n) is 5.59. The van der Waals surface area contributed by atoms with Crippen molar-refractivity contribution in [2.24, 2.45) is 7.05 Å². The van der Waals surface area contributed by atoms with Gasteiger partial charge in [-0.25, -0.2) is 0 Å². The molecule has 0 aliphatic heterocycles. The molecule has 6 nitrogen and oxygen atoms in total. The molecule has 2 rings (SSSR count). The molecule has 2 N–H and O–H groups in total. The average Bonchev–Trinajstić information content (AvgIpc) is 2.88. The van der Waals surface area contributed by atoms with Crippen molar-refractivity contribution in [1.29, 1.82) is 0 Å². The molecule has 6 heteroatoms. The number of benzene rings is 1. The van der Waals surface area contributed by atoms with Gasteiger partial charge in [0, 0.05) is 20.1 Å². The van der Waals surface area contributed by atoms with Crippen LogP contribution in [-0.2, 0) is 11.8 Å². The van der Waals surface area contributed by atoms with Crippen LogP contribution in [0.3, 0.4) is 0 Å². The minimum Gasteiger partial charge on any atom is -0.395 e. The summed E-state index contributed by atoms with van der Waals surface area (Å²) in [6.07, 6.45) is 5.64. The number of carbonyl (C=O) groups excluding carboxylic acids is 1. The van der Waals surface area contributed by atoms with Gasteiger partial charge in [0.1, 0.15) is 0 Å².